The number of rotatable bonds is 6. The number of nitrogens with one attached hydrogen (secondary N) is 1. The van der Waals surface area contributed by atoms with Gasteiger partial charge in [0.1, 0.15) is 5.75 Å². The first-order valence-corrected chi connectivity index (χ1v) is 10.7. The predicted octanol–water partition coefficient (Wildman–Crippen LogP) is 4.70. The van der Waals surface area contributed by atoms with E-state index in [0.29, 0.717) is 11.9 Å². The summed E-state index contributed by atoms with van der Waals surface area (Å²) in [4.78, 5) is 16.6. The fourth-order valence-electron chi connectivity index (χ4n) is 4.04. The van der Waals surface area contributed by atoms with E-state index in [2.05, 4.69) is 27.5 Å². The van der Waals surface area contributed by atoms with E-state index in [4.69, 9.17) is 4.74 Å². The van der Waals surface area contributed by atoms with Crippen LogP contribution in [0.15, 0.2) is 42.6 Å². The molecule has 0 radical (unpaired) electrons. The van der Waals surface area contributed by atoms with Gasteiger partial charge in [0.25, 0.3) is 0 Å². The lowest BCUT2D eigenvalue weighted by molar-refractivity contribution is -0.117. The molecule has 2 saturated carbocycles. The van der Waals surface area contributed by atoms with Crippen LogP contribution in [0.5, 0.6) is 5.75 Å². The number of fused-ring (bicyclic) bond motifs is 1. The maximum Gasteiger partial charge on any atom is 0.249 e. The van der Waals surface area contributed by atoms with Gasteiger partial charge in [-0.05, 0) is 61.4 Å². The Morgan fingerprint density at radius 1 is 1.07 bits per heavy atom. The molecule has 2 aromatic heterocycles. The average molecular weight is 390 g/mol. The molecule has 0 aliphatic heterocycles. The Labute approximate surface area is 170 Å². The summed E-state index contributed by atoms with van der Waals surface area (Å²) >= 11 is 0. The second-order valence-electron chi connectivity index (χ2n) is 8.23. The third-order valence-corrected chi connectivity index (χ3v) is 5.92. The molecule has 2 aliphatic carbocycles. The van der Waals surface area contributed by atoms with Crippen LogP contribution in [0.25, 0.3) is 16.8 Å². The number of amides is 1. The summed E-state index contributed by atoms with van der Waals surface area (Å²) in [5.41, 5.74) is 2.76. The fraction of sp³-hybridized carbons (Fsp3) is 0.435. The average Bonchev–Trinajstić information content (AvgIpc) is 3.53. The highest BCUT2D eigenvalue weighted by atomic mass is 16.5. The number of hydrogen-bond donors (Lipinski definition) is 1. The van der Waals surface area contributed by atoms with Crippen molar-refractivity contribution in [1.82, 2.24) is 14.6 Å². The first kappa shape index (κ1) is 18.2. The van der Waals surface area contributed by atoms with Gasteiger partial charge in [-0.3, -0.25) is 10.1 Å². The third kappa shape index (κ3) is 4.11. The highest BCUT2D eigenvalue weighted by Crippen LogP contribution is 2.31. The highest BCUT2D eigenvalue weighted by molar-refractivity contribution is 5.93. The number of anilines is 1. The predicted molar refractivity (Wildman–Crippen MR) is 112 cm³/mol. The van der Waals surface area contributed by atoms with Crippen LogP contribution in [-0.4, -0.2) is 27.1 Å². The van der Waals surface area contributed by atoms with E-state index in [9.17, 15) is 4.79 Å². The van der Waals surface area contributed by atoms with Gasteiger partial charge in [0.15, 0.2) is 5.65 Å². The van der Waals surface area contributed by atoms with Gasteiger partial charge in [-0.15, -0.1) is 5.10 Å². The Bertz CT molecular complexity index is 1000. The summed E-state index contributed by atoms with van der Waals surface area (Å²) in [5.74, 6) is 2.11. The fourth-order valence-corrected chi connectivity index (χ4v) is 4.04. The Kier molecular flexibility index (Phi) is 4.92. The third-order valence-electron chi connectivity index (χ3n) is 5.92. The summed E-state index contributed by atoms with van der Waals surface area (Å²) in [5, 5.41) is 7.22. The van der Waals surface area contributed by atoms with Crippen molar-refractivity contribution < 1.29 is 9.53 Å². The lowest BCUT2D eigenvalue weighted by Gasteiger charge is -2.21. The van der Waals surface area contributed by atoms with Gasteiger partial charge in [0, 0.05) is 17.7 Å². The van der Waals surface area contributed by atoms with Gasteiger partial charge in [0.2, 0.25) is 11.9 Å². The van der Waals surface area contributed by atoms with Crippen molar-refractivity contribution in [1.29, 1.82) is 0 Å². The van der Waals surface area contributed by atoms with Crippen LogP contribution in [0, 0.1) is 11.8 Å². The Hall–Kier alpha value is -2.89. The molecular formula is C23H26N4O2. The van der Waals surface area contributed by atoms with Gasteiger partial charge in [-0.1, -0.05) is 31.4 Å². The topological polar surface area (TPSA) is 68.5 Å². The van der Waals surface area contributed by atoms with E-state index in [0.717, 1.165) is 42.0 Å². The summed E-state index contributed by atoms with van der Waals surface area (Å²) in [7, 11) is 0. The van der Waals surface area contributed by atoms with Gasteiger partial charge in [-0.2, -0.15) is 4.98 Å². The number of ether oxygens (including phenoxy) is 1. The van der Waals surface area contributed by atoms with Crippen molar-refractivity contribution in [3.63, 3.8) is 0 Å². The molecule has 1 N–H and O–H groups in total. The molecule has 0 saturated heterocycles. The van der Waals surface area contributed by atoms with E-state index in [1.807, 2.05) is 30.5 Å². The summed E-state index contributed by atoms with van der Waals surface area (Å²) in [6.45, 7) is 0.809. The molecule has 0 spiro atoms. The molecule has 3 aromatic rings. The Morgan fingerprint density at radius 2 is 1.86 bits per heavy atom. The van der Waals surface area contributed by atoms with Gasteiger partial charge in [0.05, 0.1) is 6.61 Å². The molecule has 0 unspecified atom stereocenters. The summed E-state index contributed by atoms with van der Waals surface area (Å²) < 4.78 is 7.73. The second-order valence-corrected chi connectivity index (χ2v) is 8.23. The van der Waals surface area contributed by atoms with Crippen LogP contribution in [-0.2, 0) is 4.79 Å². The minimum absolute atomic E-state index is 0.0157. The monoisotopic (exact) mass is 390 g/mol. The highest BCUT2D eigenvalue weighted by Gasteiger charge is 2.30. The zero-order chi connectivity index (χ0) is 19.6. The molecule has 6 nitrogen and oxygen atoms in total. The number of aromatic nitrogens is 3. The van der Waals surface area contributed by atoms with Crippen molar-refractivity contribution in [3.05, 3.63) is 42.6 Å². The molecule has 2 heterocycles. The summed E-state index contributed by atoms with van der Waals surface area (Å²) in [6, 6.07) is 12.1. The minimum Gasteiger partial charge on any atom is -0.493 e. The van der Waals surface area contributed by atoms with Crippen LogP contribution >= 0.6 is 0 Å². The maximum atomic E-state index is 12.0. The lowest BCUT2D eigenvalue weighted by Crippen LogP contribution is -2.15. The number of carbonyl (C=O) groups excluding carboxylic acids is 1. The Balaban J connectivity index is 1.31. The first-order valence-electron chi connectivity index (χ1n) is 10.7. The molecule has 2 aliphatic rings. The van der Waals surface area contributed by atoms with Crippen LogP contribution in [0.4, 0.5) is 5.95 Å². The number of nitrogens with zero attached hydrogens (tertiary/aromatic N) is 3. The van der Waals surface area contributed by atoms with Crippen molar-refractivity contribution in [2.75, 3.05) is 11.9 Å². The standard InChI is InChI=1S/C23H26N4O2/c28-22(18-8-9-18)25-23-24-21-20(7-4-14-27(21)26-23)17-10-12-19(13-11-17)29-15-16-5-2-1-3-6-16/h4,7,10-14,16,18H,1-3,5-6,8-9,15H2,(H,25,26,28). The van der Waals surface area contributed by atoms with Crippen molar-refractivity contribution in [2.45, 2.75) is 44.9 Å². The molecule has 1 aromatic carbocycles. The number of benzene rings is 1. The van der Waals surface area contributed by atoms with Crippen LogP contribution in [0.1, 0.15) is 44.9 Å². The SMILES string of the molecule is O=C(Nc1nc2c(-c3ccc(OCC4CCCCC4)cc3)cccn2n1)C1CC1. The van der Waals surface area contributed by atoms with Gasteiger partial charge >= 0.3 is 0 Å². The van der Waals surface area contributed by atoms with E-state index in [1.54, 1.807) is 4.52 Å². The number of hydrogen-bond acceptors (Lipinski definition) is 4. The minimum atomic E-state index is 0.0157. The van der Waals surface area contributed by atoms with Crippen LogP contribution < -0.4 is 10.1 Å². The molecule has 0 atom stereocenters. The lowest BCUT2D eigenvalue weighted by atomic mass is 9.90. The molecule has 2 fully saturated rings. The first-order chi connectivity index (χ1) is 14.3. The van der Waals surface area contributed by atoms with Crippen molar-refractivity contribution >= 4 is 17.5 Å². The number of carbonyl (C=O) groups is 1. The molecule has 6 heteroatoms. The molecule has 29 heavy (non-hydrogen) atoms. The van der Waals surface area contributed by atoms with Gasteiger partial charge < -0.3 is 4.74 Å². The van der Waals surface area contributed by atoms with E-state index in [1.165, 1.54) is 32.1 Å². The quantitative estimate of drug-likeness (QED) is 0.662. The molecule has 5 rings (SSSR count). The smallest absolute Gasteiger partial charge is 0.249 e. The van der Waals surface area contributed by atoms with E-state index >= 15 is 0 Å². The molecule has 1 amide bonds. The zero-order valence-electron chi connectivity index (χ0n) is 16.5. The summed E-state index contributed by atoms with van der Waals surface area (Å²) in [6.07, 6.45) is 10.4. The zero-order valence-corrected chi connectivity index (χ0v) is 16.5. The second kappa shape index (κ2) is 7.85. The number of pyridine rings is 1. The van der Waals surface area contributed by atoms with Crippen molar-refractivity contribution in [3.8, 4) is 16.9 Å². The van der Waals surface area contributed by atoms with E-state index in [-0.39, 0.29) is 11.8 Å². The normalized spacial score (nSPS) is 17.4. The molecule has 0 bridgehead atoms. The molecular weight excluding hydrogens is 364 g/mol. The Morgan fingerprint density at radius 3 is 2.62 bits per heavy atom. The van der Waals surface area contributed by atoms with E-state index < -0.39 is 0 Å². The largest absolute Gasteiger partial charge is 0.493 e. The van der Waals surface area contributed by atoms with Crippen LogP contribution in [0.3, 0.4) is 0 Å². The molecule has 150 valence electrons. The van der Waals surface area contributed by atoms with Crippen molar-refractivity contribution in [2.24, 2.45) is 11.8 Å². The van der Waals surface area contributed by atoms with Crippen LogP contribution in [0.2, 0.25) is 0 Å². The maximum absolute atomic E-state index is 12.0. The van der Waals surface area contributed by atoms with Gasteiger partial charge in [-0.25, -0.2) is 4.52 Å².